The van der Waals surface area contributed by atoms with Crippen LogP contribution < -0.4 is 5.73 Å². The summed E-state index contributed by atoms with van der Waals surface area (Å²) < 4.78 is 2.26. The molecule has 4 nitrogen and oxygen atoms in total. The zero-order valence-corrected chi connectivity index (χ0v) is 9.73. The zero-order valence-electron chi connectivity index (χ0n) is 9.73. The molecule has 0 saturated heterocycles. The van der Waals surface area contributed by atoms with Crippen LogP contribution in [-0.2, 0) is 13.1 Å². The summed E-state index contributed by atoms with van der Waals surface area (Å²) in [6, 6.07) is 0. The van der Waals surface area contributed by atoms with Crippen molar-refractivity contribution in [3.8, 4) is 0 Å². The quantitative estimate of drug-likeness (QED) is 0.808. The van der Waals surface area contributed by atoms with Gasteiger partial charge in [0.25, 0.3) is 0 Å². The minimum Gasteiger partial charge on any atom is -0.333 e. The van der Waals surface area contributed by atoms with Crippen LogP contribution >= 0.6 is 0 Å². The van der Waals surface area contributed by atoms with Gasteiger partial charge in [0.2, 0.25) is 0 Å². The summed E-state index contributed by atoms with van der Waals surface area (Å²) >= 11 is 0. The normalized spacial score (nSPS) is 24.6. The lowest BCUT2D eigenvalue weighted by atomic mass is 9.94. The van der Waals surface area contributed by atoms with Crippen molar-refractivity contribution in [1.82, 2.24) is 14.5 Å². The minimum absolute atomic E-state index is 0.275. The first-order valence-corrected chi connectivity index (χ1v) is 6.29. The fraction of sp³-hybridized carbons (Fsp3) is 0.750. The van der Waals surface area contributed by atoms with E-state index in [-0.39, 0.29) is 5.54 Å². The highest BCUT2D eigenvalue weighted by Gasteiger charge is 2.39. The molecule has 1 saturated carbocycles. The second-order valence-electron chi connectivity index (χ2n) is 5.09. The van der Waals surface area contributed by atoms with Gasteiger partial charge in [0.1, 0.15) is 5.82 Å². The SMILES string of the molecule is NCC1(N2CCn3ccnc3C2)CCCC1. The summed E-state index contributed by atoms with van der Waals surface area (Å²) in [4.78, 5) is 7.00. The number of aromatic nitrogens is 2. The van der Waals surface area contributed by atoms with Crippen LogP contribution in [0.5, 0.6) is 0 Å². The summed E-state index contributed by atoms with van der Waals surface area (Å²) in [6.45, 7) is 3.97. The van der Waals surface area contributed by atoms with Crippen molar-refractivity contribution in [3.63, 3.8) is 0 Å². The Morgan fingerprint density at radius 2 is 2.12 bits per heavy atom. The molecule has 1 aliphatic carbocycles. The Labute approximate surface area is 96.4 Å². The highest BCUT2D eigenvalue weighted by atomic mass is 15.3. The lowest BCUT2D eigenvalue weighted by molar-refractivity contribution is 0.0678. The van der Waals surface area contributed by atoms with Crippen LogP contribution in [0.4, 0.5) is 0 Å². The smallest absolute Gasteiger partial charge is 0.122 e. The van der Waals surface area contributed by atoms with Crippen molar-refractivity contribution >= 4 is 0 Å². The predicted molar refractivity (Wildman–Crippen MR) is 62.9 cm³/mol. The molecule has 0 unspecified atom stereocenters. The maximum absolute atomic E-state index is 6.03. The van der Waals surface area contributed by atoms with E-state index < -0.39 is 0 Å². The standard InChI is InChI=1S/C12H20N4/c13-10-12(3-1-2-4-12)16-8-7-15-6-5-14-11(15)9-16/h5-6H,1-4,7-10,13H2. The average molecular weight is 220 g/mol. The van der Waals surface area contributed by atoms with E-state index in [1.54, 1.807) is 0 Å². The number of nitrogens with two attached hydrogens (primary N) is 1. The average Bonchev–Trinajstić information content (AvgIpc) is 2.97. The number of hydrogen-bond donors (Lipinski definition) is 1. The van der Waals surface area contributed by atoms with E-state index in [4.69, 9.17) is 5.73 Å². The molecule has 0 aromatic carbocycles. The molecule has 1 aromatic rings. The fourth-order valence-corrected chi connectivity index (χ4v) is 3.26. The fourth-order valence-electron chi connectivity index (χ4n) is 3.26. The topological polar surface area (TPSA) is 47.1 Å². The van der Waals surface area contributed by atoms with Crippen molar-refractivity contribution in [2.24, 2.45) is 5.73 Å². The Bertz CT molecular complexity index is 365. The third kappa shape index (κ3) is 1.48. The van der Waals surface area contributed by atoms with Crippen LogP contribution in [0.1, 0.15) is 31.5 Å². The van der Waals surface area contributed by atoms with Gasteiger partial charge in [-0.1, -0.05) is 12.8 Å². The molecular weight excluding hydrogens is 200 g/mol. The molecule has 2 aliphatic rings. The highest BCUT2D eigenvalue weighted by Crippen LogP contribution is 2.36. The van der Waals surface area contributed by atoms with Gasteiger partial charge in [0, 0.05) is 37.6 Å². The van der Waals surface area contributed by atoms with E-state index in [0.29, 0.717) is 0 Å². The Kier molecular flexibility index (Phi) is 2.48. The van der Waals surface area contributed by atoms with Gasteiger partial charge in [-0.15, -0.1) is 0 Å². The molecule has 4 heteroatoms. The lowest BCUT2D eigenvalue weighted by Gasteiger charge is -2.42. The Morgan fingerprint density at radius 3 is 2.88 bits per heavy atom. The van der Waals surface area contributed by atoms with E-state index in [2.05, 4.69) is 20.6 Å². The van der Waals surface area contributed by atoms with E-state index in [9.17, 15) is 0 Å². The van der Waals surface area contributed by atoms with E-state index >= 15 is 0 Å². The summed E-state index contributed by atoms with van der Waals surface area (Å²) in [6.07, 6.45) is 9.19. The summed E-state index contributed by atoms with van der Waals surface area (Å²) in [7, 11) is 0. The van der Waals surface area contributed by atoms with Gasteiger partial charge in [-0.05, 0) is 12.8 Å². The van der Waals surface area contributed by atoms with Gasteiger partial charge in [0.05, 0.1) is 6.54 Å². The van der Waals surface area contributed by atoms with Crippen LogP contribution in [0, 0.1) is 0 Å². The van der Waals surface area contributed by atoms with Crippen LogP contribution in [0.2, 0.25) is 0 Å². The number of nitrogens with zero attached hydrogens (tertiary/aromatic N) is 3. The Morgan fingerprint density at radius 1 is 1.31 bits per heavy atom. The molecule has 0 spiro atoms. The largest absolute Gasteiger partial charge is 0.333 e. The maximum atomic E-state index is 6.03. The first-order chi connectivity index (χ1) is 7.84. The van der Waals surface area contributed by atoms with Gasteiger partial charge < -0.3 is 10.3 Å². The molecule has 2 heterocycles. The van der Waals surface area contributed by atoms with E-state index in [1.165, 1.54) is 31.5 Å². The van der Waals surface area contributed by atoms with Crippen molar-refractivity contribution < 1.29 is 0 Å². The Hall–Kier alpha value is -0.870. The summed E-state index contributed by atoms with van der Waals surface area (Å²) in [5.74, 6) is 1.20. The number of hydrogen-bond acceptors (Lipinski definition) is 3. The van der Waals surface area contributed by atoms with Gasteiger partial charge in [0.15, 0.2) is 0 Å². The number of imidazole rings is 1. The molecule has 1 aromatic heterocycles. The van der Waals surface area contributed by atoms with E-state index in [1.807, 2.05) is 6.20 Å². The molecule has 1 fully saturated rings. The monoisotopic (exact) mass is 220 g/mol. The molecule has 88 valence electrons. The van der Waals surface area contributed by atoms with Crippen LogP contribution in [0.25, 0.3) is 0 Å². The molecule has 0 bridgehead atoms. The van der Waals surface area contributed by atoms with Crippen molar-refractivity contribution in [2.75, 3.05) is 13.1 Å². The van der Waals surface area contributed by atoms with Crippen molar-refractivity contribution in [1.29, 1.82) is 0 Å². The zero-order chi connectivity index (χ0) is 11.0. The van der Waals surface area contributed by atoms with Crippen LogP contribution in [0.3, 0.4) is 0 Å². The van der Waals surface area contributed by atoms with Gasteiger partial charge in [-0.2, -0.15) is 0 Å². The molecule has 0 atom stereocenters. The molecule has 0 radical (unpaired) electrons. The van der Waals surface area contributed by atoms with Gasteiger partial charge in [-0.3, -0.25) is 4.90 Å². The maximum Gasteiger partial charge on any atom is 0.122 e. The minimum atomic E-state index is 0.275. The Balaban J connectivity index is 1.82. The molecular formula is C12H20N4. The van der Waals surface area contributed by atoms with Crippen molar-refractivity contribution in [2.45, 2.75) is 44.3 Å². The second-order valence-corrected chi connectivity index (χ2v) is 5.09. The number of fused-ring (bicyclic) bond motifs is 1. The molecule has 3 rings (SSSR count). The third-order valence-corrected chi connectivity index (χ3v) is 4.33. The van der Waals surface area contributed by atoms with Crippen molar-refractivity contribution in [3.05, 3.63) is 18.2 Å². The van der Waals surface area contributed by atoms with Crippen LogP contribution in [-0.4, -0.2) is 33.1 Å². The lowest BCUT2D eigenvalue weighted by Crippen LogP contribution is -2.54. The first-order valence-electron chi connectivity index (χ1n) is 6.29. The van der Waals surface area contributed by atoms with E-state index in [0.717, 1.165) is 26.2 Å². The predicted octanol–water partition coefficient (Wildman–Crippen LogP) is 0.970. The van der Waals surface area contributed by atoms with Crippen LogP contribution in [0.15, 0.2) is 12.4 Å². The molecule has 1 aliphatic heterocycles. The van der Waals surface area contributed by atoms with Gasteiger partial charge >= 0.3 is 0 Å². The number of rotatable bonds is 2. The highest BCUT2D eigenvalue weighted by molar-refractivity contribution is 5.02. The molecule has 0 amide bonds. The second kappa shape index (κ2) is 3.86. The summed E-state index contributed by atoms with van der Waals surface area (Å²) in [5.41, 5.74) is 6.30. The third-order valence-electron chi connectivity index (χ3n) is 4.33. The molecule has 2 N–H and O–H groups in total. The van der Waals surface area contributed by atoms with Gasteiger partial charge in [-0.25, -0.2) is 4.98 Å². The first kappa shape index (κ1) is 10.3. The summed E-state index contributed by atoms with van der Waals surface area (Å²) in [5, 5.41) is 0. The molecule has 16 heavy (non-hydrogen) atoms.